The zero-order valence-corrected chi connectivity index (χ0v) is 7.24. The lowest BCUT2D eigenvalue weighted by Crippen LogP contribution is -2.33. The van der Waals surface area contributed by atoms with Crippen molar-refractivity contribution >= 4 is 6.20 Å². The summed E-state index contributed by atoms with van der Waals surface area (Å²) in [4.78, 5) is 4.21. The van der Waals surface area contributed by atoms with Crippen LogP contribution in [-0.2, 0) is 0 Å². The Kier molecular flexibility index (Phi) is 1.81. The van der Waals surface area contributed by atoms with Crippen LogP contribution < -0.4 is 20.6 Å². The lowest BCUT2D eigenvalue weighted by atomic mass is 10.2. The van der Waals surface area contributed by atoms with Gasteiger partial charge in [-0.1, -0.05) is 0 Å². The third-order valence-corrected chi connectivity index (χ3v) is 1.93. The van der Waals surface area contributed by atoms with E-state index in [9.17, 15) is 5.11 Å². The van der Waals surface area contributed by atoms with Crippen LogP contribution in [0.4, 0.5) is 0 Å². The van der Waals surface area contributed by atoms with Gasteiger partial charge in [-0.2, -0.15) is 0 Å². The van der Waals surface area contributed by atoms with Crippen molar-refractivity contribution in [2.24, 2.45) is 4.99 Å². The number of nitrogens with one attached hydrogen (secondary N) is 1. The molecule has 0 bridgehead atoms. The third kappa shape index (κ3) is 1.30. The van der Waals surface area contributed by atoms with Gasteiger partial charge in [-0.15, -0.1) is 0 Å². The van der Waals surface area contributed by atoms with Crippen LogP contribution >= 0.6 is 0 Å². The largest absolute Gasteiger partial charge is 0.504 e. The highest BCUT2D eigenvalue weighted by atomic mass is 16.5. The second kappa shape index (κ2) is 2.97. The molecule has 1 aromatic carbocycles. The summed E-state index contributed by atoms with van der Waals surface area (Å²) < 4.78 is 4.97. The normalized spacial score (nSPS) is 13.3. The minimum absolute atomic E-state index is 0.136. The Hall–Kier alpha value is -1.71. The van der Waals surface area contributed by atoms with E-state index >= 15 is 0 Å². The summed E-state index contributed by atoms with van der Waals surface area (Å²) in [6.45, 7) is 0.570. The molecule has 0 radical (unpaired) electrons. The lowest BCUT2D eigenvalue weighted by molar-refractivity contribution is 0.372. The number of aromatic hydroxyl groups is 1. The summed E-state index contributed by atoms with van der Waals surface area (Å²) in [5, 5.41) is 14.1. The zero-order valence-electron chi connectivity index (χ0n) is 7.24. The van der Waals surface area contributed by atoms with Gasteiger partial charge in [-0.05, 0) is 6.07 Å². The molecule has 4 heteroatoms. The smallest absolute Gasteiger partial charge is 0.162 e. The second-order valence-electron chi connectivity index (χ2n) is 2.75. The molecule has 0 saturated carbocycles. The van der Waals surface area contributed by atoms with E-state index in [1.165, 1.54) is 7.11 Å². The average molecular weight is 178 g/mol. The van der Waals surface area contributed by atoms with Gasteiger partial charge in [-0.3, -0.25) is 4.99 Å². The number of nitrogens with zero attached hydrogens (tertiary/aromatic N) is 1. The molecule has 0 aromatic heterocycles. The van der Waals surface area contributed by atoms with E-state index in [0.717, 1.165) is 10.6 Å². The quantitative estimate of drug-likeness (QED) is 0.599. The summed E-state index contributed by atoms with van der Waals surface area (Å²) in [6.07, 6.45) is 1.82. The number of fused-ring (bicyclic) bond motifs is 1. The number of rotatable bonds is 1. The number of ether oxygens (including phenoxy) is 1. The SMILES string of the molecule is COc1cc2c(cc1O)=CNCN=2. The molecule has 1 aromatic rings. The number of methoxy groups -OCH3 is 1. The van der Waals surface area contributed by atoms with Crippen LogP contribution in [0.1, 0.15) is 0 Å². The molecule has 1 aliphatic rings. The van der Waals surface area contributed by atoms with Crippen molar-refractivity contribution < 1.29 is 9.84 Å². The molecule has 1 aliphatic heterocycles. The van der Waals surface area contributed by atoms with E-state index < -0.39 is 0 Å². The standard InChI is InChI=1S/C9H10N2O2/c1-13-9-3-7-6(2-8(9)12)4-10-5-11-7/h2-4,10,12H,5H2,1H3. The molecule has 1 heterocycles. The first-order valence-electron chi connectivity index (χ1n) is 3.96. The summed E-state index contributed by atoms with van der Waals surface area (Å²) in [5.41, 5.74) is 0. The maximum Gasteiger partial charge on any atom is 0.162 e. The van der Waals surface area contributed by atoms with Crippen molar-refractivity contribution in [3.8, 4) is 11.5 Å². The summed E-state index contributed by atoms with van der Waals surface area (Å²) >= 11 is 0. The predicted molar refractivity (Wildman–Crippen MR) is 47.9 cm³/mol. The Bertz CT molecular complexity index is 440. The van der Waals surface area contributed by atoms with E-state index in [0.29, 0.717) is 12.4 Å². The summed E-state index contributed by atoms with van der Waals surface area (Å²) in [5.74, 6) is 0.592. The molecule has 0 fully saturated rings. The third-order valence-electron chi connectivity index (χ3n) is 1.93. The Labute approximate surface area is 75.2 Å². The summed E-state index contributed by atoms with van der Waals surface area (Å²) in [7, 11) is 1.52. The first kappa shape index (κ1) is 7.91. The Morgan fingerprint density at radius 2 is 2.38 bits per heavy atom. The molecule has 0 aliphatic carbocycles. The Morgan fingerprint density at radius 3 is 3.15 bits per heavy atom. The van der Waals surface area contributed by atoms with Crippen molar-refractivity contribution in [3.63, 3.8) is 0 Å². The molecule has 0 amide bonds. The van der Waals surface area contributed by atoms with Gasteiger partial charge in [0.05, 0.1) is 12.5 Å². The fraction of sp³-hybridized carbons (Fsp3) is 0.222. The highest BCUT2D eigenvalue weighted by Gasteiger charge is 2.02. The molecule has 68 valence electrons. The van der Waals surface area contributed by atoms with E-state index in [-0.39, 0.29) is 5.75 Å². The minimum atomic E-state index is 0.136. The monoisotopic (exact) mass is 178 g/mol. The molecule has 0 unspecified atom stereocenters. The molecular weight excluding hydrogens is 168 g/mol. The molecular formula is C9H10N2O2. The van der Waals surface area contributed by atoms with E-state index in [4.69, 9.17) is 4.74 Å². The van der Waals surface area contributed by atoms with Crippen molar-refractivity contribution in [2.45, 2.75) is 0 Å². The van der Waals surface area contributed by atoms with Crippen LogP contribution in [0.15, 0.2) is 17.1 Å². The van der Waals surface area contributed by atoms with E-state index in [1.54, 1.807) is 12.1 Å². The van der Waals surface area contributed by atoms with E-state index in [1.807, 2.05) is 6.20 Å². The maximum atomic E-state index is 9.45. The van der Waals surface area contributed by atoms with Crippen LogP contribution in [0.3, 0.4) is 0 Å². The average Bonchev–Trinajstić information content (AvgIpc) is 2.17. The maximum absolute atomic E-state index is 9.45. The van der Waals surface area contributed by atoms with Gasteiger partial charge >= 0.3 is 0 Å². The first-order valence-corrected chi connectivity index (χ1v) is 3.96. The number of hydrogen-bond acceptors (Lipinski definition) is 4. The number of hydrogen-bond donors (Lipinski definition) is 2. The van der Waals surface area contributed by atoms with Crippen LogP contribution in [0.25, 0.3) is 6.20 Å². The summed E-state index contributed by atoms with van der Waals surface area (Å²) in [6, 6.07) is 3.35. The Balaban J connectivity index is 2.72. The van der Waals surface area contributed by atoms with Crippen LogP contribution in [-0.4, -0.2) is 18.9 Å². The molecule has 0 saturated heterocycles. The van der Waals surface area contributed by atoms with Gasteiger partial charge in [0.25, 0.3) is 0 Å². The lowest BCUT2D eigenvalue weighted by Gasteiger charge is -2.06. The number of benzene rings is 1. The molecule has 2 N–H and O–H groups in total. The van der Waals surface area contributed by atoms with Crippen molar-refractivity contribution in [1.29, 1.82) is 0 Å². The highest BCUT2D eigenvalue weighted by molar-refractivity contribution is 5.41. The Morgan fingerprint density at radius 1 is 1.54 bits per heavy atom. The van der Waals surface area contributed by atoms with Crippen molar-refractivity contribution in [3.05, 3.63) is 22.7 Å². The second-order valence-corrected chi connectivity index (χ2v) is 2.75. The molecule has 0 spiro atoms. The predicted octanol–water partition coefficient (Wildman–Crippen LogP) is -0.681. The fourth-order valence-electron chi connectivity index (χ4n) is 1.28. The number of phenolic OH excluding ortho intramolecular Hbond substituents is 1. The fourth-order valence-corrected chi connectivity index (χ4v) is 1.28. The molecule has 0 atom stereocenters. The minimum Gasteiger partial charge on any atom is -0.504 e. The number of phenols is 1. The van der Waals surface area contributed by atoms with Gasteiger partial charge in [0.2, 0.25) is 0 Å². The van der Waals surface area contributed by atoms with Gasteiger partial charge < -0.3 is 15.2 Å². The van der Waals surface area contributed by atoms with Crippen molar-refractivity contribution in [1.82, 2.24) is 5.32 Å². The van der Waals surface area contributed by atoms with Gasteiger partial charge in [0, 0.05) is 17.5 Å². The van der Waals surface area contributed by atoms with Crippen LogP contribution in [0.5, 0.6) is 11.5 Å². The van der Waals surface area contributed by atoms with Crippen LogP contribution in [0.2, 0.25) is 0 Å². The molecule has 13 heavy (non-hydrogen) atoms. The van der Waals surface area contributed by atoms with Crippen molar-refractivity contribution in [2.75, 3.05) is 13.8 Å². The van der Waals surface area contributed by atoms with Crippen LogP contribution in [0, 0.1) is 0 Å². The first-order chi connectivity index (χ1) is 6.31. The molecule has 2 rings (SSSR count). The van der Waals surface area contributed by atoms with E-state index in [2.05, 4.69) is 10.3 Å². The van der Waals surface area contributed by atoms with Gasteiger partial charge in [0.15, 0.2) is 11.5 Å². The topological polar surface area (TPSA) is 53.9 Å². The zero-order chi connectivity index (χ0) is 9.26. The van der Waals surface area contributed by atoms with Gasteiger partial charge in [0.1, 0.15) is 6.67 Å². The highest BCUT2D eigenvalue weighted by Crippen LogP contribution is 2.20. The van der Waals surface area contributed by atoms with Gasteiger partial charge in [-0.25, -0.2) is 0 Å². The molecule has 4 nitrogen and oxygen atoms in total.